The Morgan fingerprint density at radius 3 is 2.23 bits per heavy atom. The molecule has 1 heterocycles. The zero-order valence-corrected chi connectivity index (χ0v) is 7.20. The first-order chi connectivity index (χ1) is 6.07. The van der Waals surface area contributed by atoms with E-state index in [-0.39, 0.29) is 6.61 Å². The maximum absolute atomic E-state index is 9.33. The highest BCUT2D eigenvalue weighted by Crippen LogP contribution is 2.19. The molecule has 1 aliphatic rings. The van der Waals surface area contributed by atoms with E-state index in [0.29, 0.717) is 0 Å². The second kappa shape index (κ2) is 4.32. The highest BCUT2D eigenvalue weighted by molar-refractivity contribution is 4.88. The maximum Gasteiger partial charge on any atom is 0.184 e. The number of hydrogen-bond acceptors (Lipinski definition) is 6. The van der Waals surface area contributed by atoms with Crippen LogP contribution in [0.15, 0.2) is 0 Å². The van der Waals surface area contributed by atoms with Crippen LogP contribution in [0.25, 0.3) is 0 Å². The summed E-state index contributed by atoms with van der Waals surface area (Å²) in [6.45, 7) is 0.0437. The van der Waals surface area contributed by atoms with Gasteiger partial charge in [-0.3, -0.25) is 0 Å². The molecule has 0 bridgehead atoms. The molecule has 0 aromatic heterocycles. The SMILES string of the molecule is COCC1O[C@H](O)C(O)C(O)[C@@H]1O. The average Bonchev–Trinajstić information content (AvgIpc) is 2.11. The summed E-state index contributed by atoms with van der Waals surface area (Å²) < 4.78 is 9.49. The third-order valence-electron chi connectivity index (χ3n) is 2.02. The zero-order valence-electron chi connectivity index (χ0n) is 7.20. The van der Waals surface area contributed by atoms with E-state index in [9.17, 15) is 10.2 Å². The van der Waals surface area contributed by atoms with Crippen LogP contribution in [-0.4, -0.2) is 64.8 Å². The van der Waals surface area contributed by atoms with Crippen LogP contribution in [0.3, 0.4) is 0 Å². The maximum atomic E-state index is 9.33. The van der Waals surface area contributed by atoms with E-state index in [2.05, 4.69) is 0 Å². The van der Waals surface area contributed by atoms with Gasteiger partial charge in [0, 0.05) is 7.11 Å². The Labute approximate surface area is 75.3 Å². The van der Waals surface area contributed by atoms with Crippen LogP contribution in [0, 0.1) is 0 Å². The van der Waals surface area contributed by atoms with E-state index in [1.807, 2.05) is 0 Å². The van der Waals surface area contributed by atoms with Crippen LogP contribution in [0.4, 0.5) is 0 Å². The van der Waals surface area contributed by atoms with Crippen molar-refractivity contribution in [1.29, 1.82) is 0 Å². The van der Waals surface area contributed by atoms with Crippen molar-refractivity contribution in [3.05, 3.63) is 0 Å². The summed E-state index contributed by atoms with van der Waals surface area (Å²) in [5, 5.41) is 36.7. The molecule has 0 amide bonds. The van der Waals surface area contributed by atoms with Crippen LogP contribution >= 0.6 is 0 Å². The van der Waals surface area contributed by atoms with Crippen molar-refractivity contribution in [1.82, 2.24) is 0 Å². The zero-order chi connectivity index (χ0) is 10.0. The number of ether oxygens (including phenoxy) is 2. The molecular weight excluding hydrogens is 180 g/mol. The predicted octanol–water partition coefficient (Wildman–Crippen LogP) is -2.57. The molecule has 1 fully saturated rings. The molecule has 0 saturated carbocycles. The van der Waals surface area contributed by atoms with Gasteiger partial charge in [-0.05, 0) is 0 Å². The van der Waals surface area contributed by atoms with Gasteiger partial charge in [-0.15, -0.1) is 0 Å². The van der Waals surface area contributed by atoms with Gasteiger partial charge < -0.3 is 29.9 Å². The fourth-order valence-electron chi connectivity index (χ4n) is 1.23. The summed E-state index contributed by atoms with van der Waals surface area (Å²) in [6, 6.07) is 0. The quantitative estimate of drug-likeness (QED) is 0.386. The molecule has 0 aromatic rings. The van der Waals surface area contributed by atoms with Crippen LogP contribution < -0.4 is 0 Å². The Morgan fingerprint density at radius 1 is 1.08 bits per heavy atom. The standard InChI is InChI=1S/C7H14O6/c1-12-2-3-4(8)5(9)6(10)7(11)13-3/h3-11H,2H2,1H3/t3?,4-,5?,6?,7+/m1/s1. The molecule has 1 rings (SSSR count). The number of methoxy groups -OCH3 is 1. The Kier molecular flexibility index (Phi) is 3.60. The fourth-order valence-corrected chi connectivity index (χ4v) is 1.23. The van der Waals surface area contributed by atoms with Crippen molar-refractivity contribution < 1.29 is 29.9 Å². The van der Waals surface area contributed by atoms with E-state index >= 15 is 0 Å². The van der Waals surface area contributed by atoms with Gasteiger partial charge in [0.05, 0.1) is 6.61 Å². The lowest BCUT2D eigenvalue weighted by molar-refractivity contribution is -0.287. The van der Waals surface area contributed by atoms with E-state index in [1.54, 1.807) is 0 Å². The predicted molar refractivity (Wildman–Crippen MR) is 40.8 cm³/mol. The summed E-state index contributed by atoms with van der Waals surface area (Å²) in [5.74, 6) is 0. The van der Waals surface area contributed by atoms with E-state index in [1.165, 1.54) is 7.11 Å². The van der Waals surface area contributed by atoms with Gasteiger partial charge in [0.25, 0.3) is 0 Å². The van der Waals surface area contributed by atoms with E-state index in [0.717, 1.165) is 0 Å². The van der Waals surface area contributed by atoms with Crippen molar-refractivity contribution in [2.45, 2.75) is 30.7 Å². The van der Waals surface area contributed by atoms with E-state index in [4.69, 9.17) is 19.7 Å². The molecule has 5 atom stereocenters. The summed E-state index contributed by atoms with van der Waals surface area (Å²) in [4.78, 5) is 0. The number of rotatable bonds is 2. The van der Waals surface area contributed by atoms with Crippen LogP contribution in [0.2, 0.25) is 0 Å². The van der Waals surface area contributed by atoms with Crippen LogP contribution in [0.5, 0.6) is 0 Å². The topological polar surface area (TPSA) is 99.4 Å². The third-order valence-corrected chi connectivity index (χ3v) is 2.02. The van der Waals surface area contributed by atoms with Crippen molar-refractivity contribution in [2.75, 3.05) is 13.7 Å². The first-order valence-corrected chi connectivity index (χ1v) is 3.94. The first-order valence-electron chi connectivity index (χ1n) is 3.94. The minimum Gasteiger partial charge on any atom is -0.387 e. The van der Waals surface area contributed by atoms with Crippen LogP contribution in [0.1, 0.15) is 0 Å². The lowest BCUT2D eigenvalue weighted by Crippen LogP contribution is -2.58. The normalized spacial score (nSPS) is 46.4. The van der Waals surface area contributed by atoms with Crippen molar-refractivity contribution in [3.63, 3.8) is 0 Å². The van der Waals surface area contributed by atoms with Gasteiger partial charge in [-0.2, -0.15) is 0 Å². The molecule has 1 saturated heterocycles. The van der Waals surface area contributed by atoms with Crippen molar-refractivity contribution >= 4 is 0 Å². The Hall–Kier alpha value is -0.240. The number of aliphatic hydroxyl groups excluding tert-OH is 4. The smallest absolute Gasteiger partial charge is 0.184 e. The van der Waals surface area contributed by atoms with Gasteiger partial charge in [0.1, 0.15) is 24.4 Å². The monoisotopic (exact) mass is 194 g/mol. The highest BCUT2D eigenvalue weighted by Gasteiger charge is 2.42. The number of hydrogen-bond donors (Lipinski definition) is 4. The summed E-state index contributed by atoms with van der Waals surface area (Å²) in [6.07, 6.45) is -6.46. The van der Waals surface area contributed by atoms with Gasteiger partial charge in [0.2, 0.25) is 0 Å². The fraction of sp³-hybridized carbons (Fsp3) is 1.00. The first kappa shape index (κ1) is 10.8. The molecule has 78 valence electrons. The summed E-state index contributed by atoms with van der Waals surface area (Å²) in [5.41, 5.74) is 0. The van der Waals surface area contributed by atoms with Gasteiger partial charge in [-0.1, -0.05) is 0 Å². The summed E-state index contributed by atoms with van der Waals surface area (Å²) >= 11 is 0. The number of aliphatic hydroxyl groups is 4. The Balaban J connectivity index is 2.59. The van der Waals surface area contributed by atoms with E-state index < -0.39 is 30.7 Å². The third kappa shape index (κ3) is 2.16. The second-order valence-corrected chi connectivity index (χ2v) is 2.99. The average molecular weight is 194 g/mol. The Bertz CT molecular complexity index is 163. The molecule has 6 heteroatoms. The van der Waals surface area contributed by atoms with Crippen molar-refractivity contribution in [3.8, 4) is 0 Å². The van der Waals surface area contributed by atoms with Crippen LogP contribution in [-0.2, 0) is 9.47 Å². The lowest BCUT2D eigenvalue weighted by Gasteiger charge is -2.37. The molecule has 6 nitrogen and oxygen atoms in total. The summed E-state index contributed by atoms with van der Waals surface area (Å²) in [7, 11) is 1.40. The molecule has 4 N–H and O–H groups in total. The van der Waals surface area contributed by atoms with Gasteiger partial charge >= 0.3 is 0 Å². The van der Waals surface area contributed by atoms with Gasteiger partial charge in [0.15, 0.2) is 6.29 Å². The van der Waals surface area contributed by atoms with Crippen molar-refractivity contribution in [2.24, 2.45) is 0 Å². The molecule has 1 aliphatic heterocycles. The second-order valence-electron chi connectivity index (χ2n) is 2.99. The Morgan fingerprint density at radius 2 is 1.69 bits per heavy atom. The lowest BCUT2D eigenvalue weighted by atomic mass is 9.99. The minimum absolute atomic E-state index is 0.0437. The molecular formula is C7H14O6. The molecule has 0 spiro atoms. The molecule has 0 aromatic carbocycles. The molecule has 13 heavy (non-hydrogen) atoms. The highest BCUT2D eigenvalue weighted by atomic mass is 16.6. The minimum atomic E-state index is -1.49. The largest absolute Gasteiger partial charge is 0.387 e. The molecule has 0 aliphatic carbocycles. The van der Waals surface area contributed by atoms with Gasteiger partial charge in [-0.25, -0.2) is 0 Å². The molecule has 0 radical (unpaired) electrons. The molecule has 3 unspecified atom stereocenters.